The minimum Gasteiger partial charge on any atom is -0.494 e. The van der Waals surface area contributed by atoms with E-state index in [-0.39, 0.29) is 10.9 Å². The SMILES string of the molecule is O=S(=O)(c1ccc(OCCCN2CCN(C(c3ccccc3)c3ccccc3)CC2)cc1)c1ccn2ccccc12. The molecular weight excluding hydrogens is 530 g/mol. The second-order valence-corrected chi connectivity index (χ2v) is 12.4. The highest BCUT2D eigenvalue weighted by atomic mass is 32.2. The first-order valence-corrected chi connectivity index (χ1v) is 15.7. The minimum atomic E-state index is -3.61. The molecule has 0 saturated carbocycles. The molecule has 6 nitrogen and oxygen atoms in total. The molecule has 210 valence electrons. The van der Waals surface area contributed by atoms with Crippen LogP contribution in [0, 0.1) is 0 Å². The normalized spacial score (nSPS) is 15.0. The number of pyridine rings is 1. The molecule has 5 aromatic rings. The van der Waals surface area contributed by atoms with Gasteiger partial charge in [0.15, 0.2) is 0 Å². The summed E-state index contributed by atoms with van der Waals surface area (Å²) in [6.45, 7) is 5.65. The Morgan fingerprint density at radius 3 is 1.98 bits per heavy atom. The molecule has 1 fully saturated rings. The van der Waals surface area contributed by atoms with Gasteiger partial charge in [0, 0.05) is 45.1 Å². The second-order valence-electron chi connectivity index (χ2n) is 10.5. The number of hydrogen-bond donors (Lipinski definition) is 0. The van der Waals surface area contributed by atoms with E-state index >= 15 is 0 Å². The maximum atomic E-state index is 13.2. The third kappa shape index (κ3) is 6.07. The van der Waals surface area contributed by atoms with Crippen molar-refractivity contribution in [1.82, 2.24) is 14.2 Å². The van der Waals surface area contributed by atoms with Crippen LogP contribution in [0.3, 0.4) is 0 Å². The van der Waals surface area contributed by atoms with Gasteiger partial charge >= 0.3 is 0 Å². The monoisotopic (exact) mass is 565 g/mol. The number of hydrogen-bond acceptors (Lipinski definition) is 5. The summed E-state index contributed by atoms with van der Waals surface area (Å²) < 4.78 is 34.2. The van der Waals surface area contributed by atoms with E-state index in [1.54, 1.807) is 36.5 Å². The number of rotatable bonds is 10. The van der Waals surface area contributed by atoms with Gasteiger partial charge in [0.25, 0.3) is 0 Å². The highest BCUT2D eigenvalue weighted by Gasteiger charge is 2.26. The Labute approximate surface area is 242 Å². The standard InChI is InChI=1S/C34H35N3O3S/c38-41(39,33-19-22-36-21-8-7-14-32(33)36)31-17-15-30(16-18-31)40-27-9-20-35-23-25-37(26-24-35)34(28-10-3-1-4-11-28)29-12-5-2-6-13-29/h1-8,10-19,21-22,34H,9,20,23-27H2. The van der Waals surface area contributed by atoms with Crippen LogP contribution in [0.5, 0.6) is 5.75 Å². The molecule has 3 aromatic carbocycles. The van der Waals surface area contributed by atoms with Crippen molar-refractivity contribution in [2.45, 2.75) is 22.3 Å². The molecular formula is C34H35N3O3S. The number of piperazine rings is 1. The summed E-state index contributed by atoms with van der Waals surface area (Å²) in [6.07, 6.45) is 4.53. The van der Waals surface area contributed by atoms with Gasteiger partial charge in [0.1, 0.15) is 5.75 Å². The van der Waals surface area contributed by atoms with E-state index in [1.165, 1.54) is 11.1 Å². The van der Waals surface area contributed by atoms with Crippen LogP contribution in [0.2, 0.25) is 0 Å². The van der Waals surface area contributed by atoms with E-state index in [9.17, 15) is 8.42 Å². The molecule has 6 rings (SSSR count). The molecule has 0 radical (unpaired) electrons. The third-order valence-corrected chi connectivity index (χ3v) is 9.66. The molecule has 1 aliphatic heterocycles. The number of ether oxygens (including phenoxy) is 1. The maximum absolute atomic E-state index is 13.2. The van der Waals surface area contributed by atoms with Gasteiger partial charge in [0.05, 0.1) is 28.0 Å². The summed E-state index contributed by atoms with van der Waals surface area (Å²) in [5.41, 5.74) is 3.34. The van der Waals surface area contributed by atoms with Gasteiger partial charge in [-0.2, -0.15) is 0 Å². The first-order valence-electron chi connectivity index (χ1n) is 14.2. The fraction of sp³-hybridized carbons (Fsp3) is 0.235. The number of sulfone groups is 1. The van der Waals surface area contributed by atoms with Crippen molar-refractivity contribution in [3.05, 3.63) is 133 Å². The number of fused-ring (bicyclic) bond motifs is 1. The van der Waals surface area contributed by atoms with Crippen LogP contribution in [-0.4, -0.2) is 61.9 Å². The van der Waals surface area contributed by atoms with E-state index in [1.807, 2.05) is 28.8 Å². The van der Waals surface area contributed by atoms with Crippen molar-refractivity contribution < 1.29 is 13.2 Å². The Hall–Kier alpha value is -3.91. The molecule has 0 unspecified atom stereocenters. The van der Waals surface area contributed by atoms with Crippen LogP contribution in [0.4, 0.5) is 0 Å². The summed E-state index contributed by atoms with van der Waals surface area (Å²) in [5.74, 6) is 0.684. The lowest BCUT2D eigenvalue weighted by Crippen LogP contribution is -2.48. The van der Waals surface area contributed by atoms with E-state index in [2.05, 4.69) is 70.5 Å². The minimum absolute atomic E-state index is 0.268. The van der Waals surface area contributed by atoms with Gasteiger partial charge in [-0.15, -0.1) is 0 Å². The van der Waals surface area contributed by atoms with E-state index < -0.39 is 9.84 Å². The van der Waals surface area contributed by atoms with Gasteiger partial charge in [-0.05, 0) is 60.0 Å². The van der Waals surface area contributed by atoms with Gasteiger partial charge in [0.2, 0.25) is 9.84 Å². The molecule has 1 saturated heterocycles. The summed E-state index contributed by atoms with van der Waals surface area (Å²) in [7, 11) is -3.61. The largest absolute Gasteiger partial charge is 0.494 e. The fourth-order valence-corrected chi connectivity index (χ4v) is 7.14. The van der Waals surface area contributed by atoms with Gasteiger partial charge in [-0.1, -0.05) is 66.7 Å². The Balaban J connectivity index is 0.994. The molecule has 0 amide bonds. The van der Waals surface area contributed by atoms with Crippen molar-refractivity contribution >= 4 is 15.4 Å². The zero-order valence-electron chi connectivity index (χ0n) is 23.0. The first kappa shape index (κ1) is 27.3. The molecule has 0 bridgehead atoms. The molecule has 3 heterocycles. The zero-order valence-corrected chi connectivity index (χ0v) is 23.9. The Kier molecular flexibility index (Phi) is 8.19. The van der Waals surface area contributed by atoms with Crippen LogP contribution in [-0.2, 0) is 9.84 Å². The van der Waals surface area contributed by atoms with Gasteiger partial charge < -0.3 is 14.0 Å². The van der Waals surface area contributed by atoms with Crippen molar-refractivity contribution in [1.29, 1.82) is 0 Å². The average molecular weight is 566 g/mol. The zero-order chi connectivity index (χ0) is 28.1. The molecule has 0 aliphatic carbocycles. The van der Waals surface area contributed by atoms with E-state index in [0.717, 1.165) is 39.1 Å². The fourth-order valence-electron chi connectivity index (χ4n) is 5.71. The van der Waals surface area contributed by atoms with E-state index in [0.29, 0.717) is 22.8 Å². The lowest BCUT2D eigenvalue weighted by Gasteiger charge is -2.39. The summed E-state index contributed by atoms with van der Waals surface area (Å²) in [4.78, 5) is 5.67. The summed E-state index contributed by atoms with van der Waals surface area (Å²) >= 11 is 0. The lowest BCUT2D eigenvalue weighted by atomic mass is 9.96. The van der Waals surface area contributed by atoms with Crippen molar-refractivity contribution in [3.8, 4) is 5.75 Å². The van der Waals surface area contributed by atoms with Gasteiger partial charge in [-0.25, -0.2) is 8.42 Å². The number of aromatic nitrogens is 1. The molecule has 0 spiro atoms. The van der Waals surface area contributed by atoms with Crippen LogP contribution in [0.1, 0.15) is 23.6 Å². The highest BCUT2D eigenvalue weighted by Crippen LogP contribution is 2.30. The van der Waals surface area contributed by atoms with Crippen LogP contribution >= 0.6 is 0 Å². The number of nitrogens with zero attached hydrogens (tertiary/aromatic N) is 3. The molecule has 41 heavy (non-hydrogen) atoms. The second kappa shape index (κ2) is 12.3. The summed E-state index contributed by atoms with van der Waals surface area (Å²) in [6, 6.07) is 35.8. The van der Waals surface area contributed by atoms with Crippen molar-refractivity contribution in [3.63, 3.8) is 0 Å². The Morgan fingerprint density at radius 2 is 1.32 bits per heavy atom. The highest BCUT2D eigenvalue weighted by molar-refractivity contribution is 7.91. The number of benzene rings is 3. The molecule has 7 heteroatoms. The lowest BCUT2D eigenvalue weighted by molar-refractivity contribution is 0.105. The first-order chi connectivity index (χ1) is 20.1. The summed E-state index contributed by atoms with van der Waals surface area (Å²) in [5, 5.41) is 0. The molecule has 2 aromatic heterocycles. The quantitative estimate of drug-likeness (QED) is 0.196. The van der Waals surface area contributed by atoms with E-state index in [4.69, 9.17) is 4.74 Å². The average Bonchev–Trinajstić information content (AvgIpc) is 3.47. The van der Waals surface area contributed by atoms with Crippen LogP contribution in [0.25, 0.3) is 5.52 Å². The molecule has 0 atom stereocenters. The Bertz CT molecular complexity index is 1620. The predicted molar refractivity (Wildman–Crippen MR) is 162 cm³/mol. The van der Waals surface area contributed by atoms with Crippen LogP contribution < -0.4 is 4.74 Å². The van der Waals surface area contributed by atoms with Crippen molar-refractivity contribution in [2.75, 3.05) is 39.3 Å². The smallest absolute Gasteiger partial charge is 0.208 e. The Morgan fingerprint density at radius 1 is 0.683 bits per heavy atom. The molecule has 0 N–H and O–H groups in total. The molecule has 1 aliphatic rings. The maximum Gasteiger partial charge on any atom is 0.208 e. The topological polar surface area (TPSA) is 54.3 Å². The third-order valence-electron chi connectivity index (χ3n) is 7.84. The van der Waals surface area contributed by atoms with Crippen LogP contribution in [0.15, 0.2) is 131 Å². The van der Waals surface area contributed by atoms with Crippen molar-refractivity contribution in [2.24, 2.45) is 0 Å². The predicted octanol–water partition coefficient (Wildman–Crippen LogP) is 5.95. The van der Waals surface area contributed by atoms with Gasteiger partial charge in [-0.3, -0.25) is 4.90 Å².